The molecule has 2 aliphatic carbocycles. The Kier molecular flexibility index (Phi) is 4.23. The summed E-state index contributed by atoms with van der Waals surface area (Å²) in [7, 11) is 0. The average Bonchev–Trinajstić information content (AvgIpc) is 3.04. The Bertz CT molecular complexity index is 418. The van der Waals surface area contributed by atoms with Gasteiger partial charge in [-0.2, -0.15) is 0 Å². The van der Waals surface area contributed by atoms with Gasteiger partial charge in [0.25, 0.3) is 0 Å². The summed E-state index contributed by atoms with van der Waals surface area (Å²) in [5.41, 5.74) is 1.45. The molecule has 0 aliphatic heterocycles. The predicted molar refractivity (Wildman–Crippen MR) is 82.1 cm³/mol. The van der Waals surface area contributed by atoms with E-state index in [4.69, 9.17) is 4.98 Å². The van der Waals surface area contributed by atoms with Crippen LogP contribution in [0.5, 0.6) is 0 Å². The van der Waals surface area contributed by atoms with Gasteiger partial charge >= 0.3 is 0 Å². The number of fused-ring (bicyclic) bond motifs is 1. The van der Waals surface area contributed by atoms with Crippen LogP contribution in [-0.2, 0) is 6.42 Å². The molecular formula is C16H26N2S. The summed E-state index contributed by atoms with van der Waals surface area (Å²) in [4.78, 5) is 6.67. The van der Waals surface area contributed by atoms with E-state index in [-0.39, 0.29) is 0 Å². The van der Waals surface area contributed by atoms with Crippen LogP contribution in [0.3, 0.4) is 0 Å². The van der Waals surface area contributed by atoms with E-state index in [1.54, 1.807) is 4.88 Å². The van der Waals surface area contributed by atoms with Gasteiger partial charge in [-0.15, -0.1) is 11.3 Å². The van der Waals surface area contributed by atoms with E-state index in [9.17, 15) is 0 Å². The highest BCUT2D eigenvalue weighted by Gasteiger charge is 2.28. The van der Waals surface area contributed by atoms with E-state index < -0.39 is 0 Å². The molecule has 106 valence electrons. The van der Waals surface area contributed by atoms with Gasteiger partial charge in [-0.1, -0.05) is 26.7 Å². The summed E-state index contributed by atoms with van der Waals surface area (Å²) in [6.07, 6.45) is 9.52. The maximum Gasteiger partial charge on any atom is 0.0962 e. The van der Waals surface area contributed by atoms with E-state index in [2.05, 4.69) is 19.2 Å². The fourth-order valence-corrected chi connectivity index (χ4v) is 4.81. The topological polar surface area (TPSA) is 24.9 Å². The van der Waals surface area contributed by atoms with E-state index in [0.717, 1.165) is 12.5 Å². The molecule has 1 unspecified atom stereocenters. The molecule has 19 heavy (non-hydrogen) atoms. The molecule has 0 spiro atoms. The van der Waals surface area contributed by atoms with Crippen LogP contribution in [0.4, 0.5) is 0 Å². The van der Waals surface area contributed by atoms with Gasteiger partial charge in [0.15, 0.2) is 0 Å². The molecule has 1 aromatic heterocycles. The zero-order chi connectivity index (χ0) is 13.2. The molecule has 3 heteroatoms. The Balaban J connectivity index is 1.75. The number of rotatable bonds is 4. The highest BCUT2D eigenvalue weighted by atomic mass is 32.1. The normalized spacial score (nSPS) is 24.1. The Morgan fingerprint density at radius 2 is 2.00 bits per heavy atom. The predicted octanol–water partition coefficient (Wildman–Crippen LogP) is 4.22. The van der Waals surface area contributed by atoms with Crippen LogP contribution in [0.15, 0.2) is 0 Å². The highest BCUT2D eigenvalue weighted by molar-refractivity contribution is 7.11. The number of thiazole rings is 1. The fourth-order valence-electron chi connectivity index (χ4n) is 3.45. The molecule has 1 N–H and O–H groups in total. The van der Waals surface area contributed by atoms with Crippen LogP contribution >= 0.6 is 11.3 Å². The molecule has 0 aromatic carbocycles. The smallest absolute Gasteiger partial charge is 0.0962 e. The van der Waals surface area contributed by atoms with E-state index in [0.29, 0.717) is 12.0 Å². The molecule has 1 saturated carbocycles. The van der Waals surface area contributed by atoms with Crippen molar-refractivity contribution in [2.75, 3.05) is 6.54 Å². The maximum absolute atomic E-state index is 5.07. The summed E-state index contributed by atoms with van der Waals surface area (Å²) < 4.78 is 0. The maximum atomic E-state index is 5.07. The van der Waals surface area contributed by atoms with Crippen molar-refractivity contribution in [1.82, 2.24) is 10.3 Å². The lowest BCUT2D eigenvalue weighted by atomic mass is 9.91. The molecule has 0 bridgehead atoms. The van der Waals surface area contributed by atoms with Crippen LogP contribution in [0.25, 0.3) is 0 Å². The van der Waals surface area contributed by atoms with Gasteiger partial charge in [-0.05, 0) is 32.1 Å². The summed E-state index contributed by atoms with van der Waals surface area (Å²) in [5.74, 6) is 1.45. The number of hydrogen-bond donors (Lipinski definition) is 1. The van der Waals surface area contributed by atoms with Gasteiger partial charge in [0, 0.05) is 29.3 Å². The van der Waals surface area contributed by atoms with Crippen LogP contribution in [-0.4, -0.2) is 17.6 Å². The first-order chi connectivity index (χ1) is 9.24. The highest BCUT2D eigenvalue weighted by Crippen LogP contribution is 2.41. The Morgan fingerprint density at radius 3 is 2.74 bits per heavy atom. The molecule has 1 aromatic rings. The number of nitrogens with zero attached hydrogens (tertiary/aromatic N) is 1. The molecular weight excluding hydrogens is 252 g/mol. The van der Waals surface area contributed by atoms with Crippen molar-refractivity contribution in [3.05, 3.63) is 15.6 Å². The van der Waals surface area contributed by atoms with Crippen molar-refractivity contribution in [1.29, 1.82) is 0 Å². The zero-order valence-electron chi connectivity index (χ0n) is 12.2. The lowest BCUT2D eigenvalue weighted by Gasteiger charge is -2.22. The third-order valence-corrected chi connectivity index (χ3v) is 5.86. The molecule has 2 nitrogen and oxygen atoms in total. The third-order valence-electron chi connectivity index (χ3n) is 4.56. The summed E-state index contributed by atoms with van der Waals surface area (Å²) >= 11 is 2.03. The van der Waals surface area contributed by atoms with Crippen molar-refractivity contribution < 1.29 is 0 Å². The lowest BCUT2D eigenvalue weighted by molar-refractivity contribution is 0.473. The van der Waals surface area contributed by atoms with Crippen LogP contribution in [0.1, 0.15) is 79.8 Å². The minimum Gasteiger partial charge on any atom is -0.314 e. The van der Waals surface area contributed by atoms with E-state index >= 15 is 0 Å². The van der Waals surface area contributed by atoms with Gasteiger partial charge in [-0.3, -0.25) is 0 Å². The minimum atomic E-state index is 0.582. The minimum absolute atomic E-state index is 0.582. The molecule has 3 rings (SSSR count). The molecule has 2 aliphatic rings. The molecule has 1 heterocycles. The number of aryl methyl sites for hydroxylation is 1. The van der Waals surface area contributed by atoms with Gasteiger partial charge in [0.05, 0.1) is 10.7 Å². The first-order valence-corrected chi connectivity index (χ1v) is 8.78. The molecule has 0 amide bonds. The Hall–Kier alpha value is -0.410. The van der Waals surface area contributed by atoms with Crippen LogP contribution in [0.2, 0.25) is 0 Å². The second-order valence-electron chi connectivity index (χ2n) is 6.49. The van der Waals surface area contributed by atoms with Gasteiger partial charge in [0.1, 0.15) is 0 Å². The monoisotopic (exact) mass is 278 g/mol. The number of hydrogen-bond acceptors (Lipinski definition) is 3. The van der Waals surface area contributed by atoms with Crippen molar-refractivity contribution in [2.45, 2.75) is 76.7 Å². The molecule has 1 fully saturated rings. The summed E-state index contributed by atoms with van der Waals surface area (Å²) in [6.45, 7) is 5.57. The van der Waals surface area contributed by atoms with Gasteiger partial charge < -0.3 is 5.32 Å². The first-order valence-electron chi connectivity index (χ1n) is 7.97. The van der Waals surface area contributed by atoms with E-state index in [1.807, 2.05) is 11.3 Å². The van der Waals surface area contributed by atoms with Crippen molar-refractivity contribution in [2.24, 2.45) is 0 Å². The first kappa shape index (κ1) is 13.6. The summed E-state index contributed by atoms with van der Waals surface area (Å²) in [5, 5.41) is 5.06. The van der Waals surface area contributed by atoms with Gasteiger partial charge in [0.2, 0.25) is 0 Å². The van der Waals surface area contributed by atoms with Crippen LogP contribution < -0.4 is 5.32 Å². The Morgan fingerprint density at radius 1 is 1.21 bits per heavy atom. The van der Waals surface area contributed by atoms with Gasteiger partial charge in [-0.25, -0.2) is 4.98 Å². The van der Waals surface area contributed by atoms with Crippen molar-refractivity contribution in [3.8, 4) is 0 Å². The molecule has 1 atom stereocenters. The second-order valence-corrected chi connectivity index (χ2v) is 7.61. The zero-order valence-corrected chi connectivity index (χ0v) is 13.1. The second kappa shape index (κ2) is 5.92. The third kappa shape index (κ3) is 3.03. The van der Waals surface area contributed by atoms with E-state index in [1.165, 1.54) is 55.6 Å². The fraction of sp³-hybridized carbons (Fsp3) is 0.812. The molecule has 0 saturated heterocycles. The Labute approximate surface area is 121 Å². The number of aromatic nitrogens is 1. The van der Waals surface area contributed by atoms with Crippen molar-refractivity contribution in [3.63, 3.8) is 0 Å². The quantitative estimate of drug-likeness (QED) is 0.892. The largest absolute Gasteiger partial charge is 0.314 e. The standard InChI is InChI=1S/C16H26N2S/c1-11(2)17-10-13-8-5-9-14-15(13)18-16(19-14)12-6-3-4-7-12/h11-13,17H,3-10H2,1-2H3. The van der Waals surface area contributed by atoms with Crippen molar-refractivity contribution >= 4 is 11.3 Å². The summed E-state index contributed by atoms with van der Waals surface area (Å²) in [6, 6.07) is 0.582. The number of nitrogens with one attached hydrogen (secondary N) is 1. The lowest BCUT2D eigenvalue weighted by Crippen LogP contribution is -2.29. The average molecular weight is 278 g/mol. The molecule has 0 radical (unpaired) electrons. The van der Waals surface area contributed by atoms with Crippen LogP contribution in [0, 0.1) is 0 Å². The SMILES string of the molecule is CC(C)NCC1CCCc2sc(C3CCCC3)nc21.